The van der Waals surface area contributed by atoms with Crippen molar-refractivity contribution in [2.24, 2.45) is 12.0 Å². The molecule has 1 aliphatic rings. The Labute approximate surface area is 192 Å². The van der Waals surface area contributed by atoms with Crippen LogP contribution in [0.5, 0.6) is 0 Å². The van der Waals surface area contributed by atoms with Gasteiger partial charge in [0.05, 0.1) is 6.54 Å². The second-order valence-corrected chi connectivity index (χ2v) is 7.14. The van der Waals surface area contributed by atoms with E-state index in [1.54, 1.807) is 7.05 Å². The number of aromatic nitrogens is 2. The number of aliphatic imine (C=N–C) groups is 1. The zero-order valence-electron chi connectivity index (χ0n) is 17.6. The van der Waals surface area contributed by atoms with E-state index in [1.807, 2.05) is 6.92 Å². The van der Waals surface area contributed by atoms with E-state index in [0.717, 1.165) is 37.0 Å². The number of nitrogens with zero attached hydrogens (tertiary/aromatic N) is 4. The molecule has 2 rings (SSSR count). The van der Waals surface area contributed by atoms with Crippen LogP contribution in [0.1, 0.15) is 37.4 Å². The third-order valence-electron chi connectivity index (χ3n) is 4.71. The second kappa shape index (κ2) is 12.3. The minimum atomic E-state index is -4.49. The molecule has 0 aliphatic carbocycles. The van der Waals surface area contributed by atoms with Crippen LogP contribution >= 0.6 is 24.0 Å². The predicted octanol–water partition coefficient (Wildman–Crippen LogP) is 1.71. The van der Waals surface area contributed by atoms with Gasteiger partial charge >= 0.3 is 6.18 Å². The Morgan fingerprint density at radius 1 is 1.30 bits per heavy atom. The molecule has 0 aromatic carbocycles. The molecule has 12 heteroatoms. The largest absolute Gasteiger partial charge is 0.435 e. The molecule has 1 saturated heterocycles. The van der Waals surface area contributed by atoms with Gasteiger partial charge in [0, 0.05) is 58.1 Å². The standard InChI is InChI=1S/C18H30F3N7O.HI/c1-4-7-23-15(29)12-28-8-5-14(6-9-28)25-17(22-2)24-10-13-11-27(3)26-16(13)18(19,20)21;/h11,14H,4-10,12H2,1-3H3,(H,23,29)(H2,22,24,25);1H. The van der Waals surface area contributed by atoms with E-state index < -0.39 is 11.9 Å². The maximum atomic E-state index is 13.1. The van der Waals surface area contributed by atoms with E-state index in [4.69, 9.17) is 0 Å². The summed E-state index contributed by atoms with van der Waals surface area (Å²) in [4.78, 5) is 18.0. The molecule has 0 radical (unpaired) electrons. The summed E-state index contributed by atoms with van der Waals surface area (Å²) in [6, 6.07) is 0.145. The predicted molar refractivity (Wildman–Crippen MR) is 120 cm³/mol. The van der Waals surface area contributed by atoms with Gasteiger partial charge in [-0.25, -0.2) is 0 Å². The Kier molecular flexibility index (Phi) is 10.9. The lowest BCUT2D eigenvalue weighted by Gasteiger charge is -2.32. The molecule has 1 aromatic rings. The van der Waals surface area contributed by atoms with Crippen LogP contribution in [-0.2, 0) is 24.6 Å². The summed E-state index contributed by atoms with van der Waals surface area (Å²) in [5.74, 6) is 0.480. The number of rotatable bonds is 7. The van der Waals surface area contributed by atoms with Gasteiger partial charge in [0.25, 0.3) is 0 Å². The van der Waals surface area contributed by atoms with Gasteiger partial charge in [0.2, 0.25) is 5.91 Å². The molecule has 2 heterocycles. The summed E-state index contributed by atoms with van der Waals surface area (Å²) < 4.78 is 40.3. The van der Waals surface area contributed by atoms with E-state index >= 15 is 0 Å². The van der Waals surface area contributed by atoms with Gasteiger partial charge < -0.3 is 16.0 Å². The maximum absolute atomic E-state index is 13.1. The number of amides is 1. The lowest BCUT2D eigenvalue weighted by atomic mass is 10.1. The highest BCUT2D eigenvalue weighted by Crippen LogP contribution is 2.30. The first-order valence-corrected chi connectivity index (χ1v) is 9.78. The van der Waals surface area contributed by atoms with Crippen molar-refractivity contribution in [3.8, 4) is 0 Å². The highest BCUT2D eigenvalue weighted by atomic mass is 127. The van der Waals surface area contributed by atoms with Crippen molar-refractivity contribution in [2.45, 2.75) is 44.9 Å². The Morgan fingerprint density at radius 3 is 2.53 bits per heavy atom. The third kappa shape index (κ3) is 8.28. The van der Waals surface area contributed by atoms with Gasteiger partial charge in [-0.05, 0) is 19.3 Å². The summed E-state index contributed by atoms with van der Waals surface area (Å²) in [7, 11) is 3.04. The van der Waals surface area contributed by atoms with Crippen LogP contribution in [0.2, 0.25) is 0 Å². The van der Waals surface area contributed by atoms with Gasteiger partial charge in [-0.1, -0.05) is 6.92 Å². The highest BCUT2D eigenvalue weighted by molar-refractivity contribution is 14.0. The topological polar surface area (TPSA) is 86.6 Å². The van der Waals surface area contributed by atoms with E-state index in [-0.39, 0.29) is 48.0 Å². The molecular weight excluding hydrogens is 514 g/mol. The van der Waals surface area contributed by atoms with Crippen molar-refractivity contribution in [1.29, 1.82) is 0 Å². The fourth-order valence-corrected chi connectivity index (χ4v) is 3.23. The number of aryl methyl sites for hydroxylation is 1. The van der Waals surface area contributed by atoms with Crippen LogP contribution in [0.3, 0.4) is 0 Å². The average Bonchev–Trinajstić information content (AvgIpc) is 3.06. The van der Waals surface area contributed by atoms with Crippen LogP contribution in [0.15, 0.2) is 11.2 Å². The van der Waals surface area contributed by atoms with Crippen LogP contribution in [0.4, 0.5) is 13.2 Å². The zero-order chi connectivity index (χ0) is 21.4. The molecule has 0 saturated carbocycles. The number of alkyl halides is 3. The normalized spacial score (nSPS) is 16.1. The van der Waals surface area contributed by atoms with Crippen molar-refractivity contribution in [3.05, 3.63) is 17.5 Å². The molecule has 8 nitrogen and oxygen atoms in total. The average molecular weight is 545 g/mol. The van der Waals surface area contributed by atoms with Crippen molar-refractivity contribution in [3.63, 3.8) is 0 Å². The molecule has 30 heavy (non-hydrogen) atoms. The fraction of sp³-hybridized carbons (Fsp3) is 0.722. The lowest BCUT2D eigenvalue weighted by Crippen LogP contribution is -2.50. The van der Waals surface area contributed by atoms with Gasteiger partial charge in [-0.15, -0.1) is 24.0 Å². The van der Waals surface area contributed by atoms with E-state index in [9.17, 15) is 18.0 Å². The van der Waals surface area contributed by atoms with Gasteiger partial charge in [0.15, 0.2) is 11.7 Å². The monoisotopic (exact) mass is 545 g/mol. The van der Waals surface area contributed by atoms with Gasteiger partial charge in [-0.3, -0.25) is 19.4 Å². The summed E-state index contributed by atoms with van der Waals surface area (Å²) in [6.07, 6.45) is -0.588. The number of carbonyl (C=O) groups is 1. The molecule has 1 aliphatic heterocycles. The molecule has 0 atom stereocenters. The van der Waals surface area contributed by atoms with Gasteiger partial charge in [0.1, 0.15) is 0 Å². The first kappa shape index (κ1) is 26.5. The number of hydrogen-bond donors (Lipinski definition) is 3. The number of nitrogens with one attached hydrogen (secondary N) is 3. The minimum Gasteiger partial charge on any atom is -0.355 e. The molecule has 1 amide bonds. The zero-order valence-corrected chi connectivity index (χ0v) is 19.9. The summed E-state index contributed by atoms with van der Waals surface area (Å²) >= 11 is 0. The summed E-state index contributed by atoms with van der Waals surface area (Å²) in [5.41, 5.74) is -0.825. The van der Waals surface area contributed by atoms with Crippen molar-refractivity contribution in [1.82, 2.24) is 30.6 Å². The Bertz CT molecular complexity index is 700. The number of piperidine rings is 1. The maximum Gasteiger partial charge on any atom is 0.435 e. The SMILES string of the molecule is CCCNC(=O)CN1CCC(NC(=NC)NCc2cn(C)nc2C(F)(F)F)CC1.I. The van der Waals surface area contributed by atoms with Crippen LogP contribution in [0.25, 0.3) is 0 Å². The summed E-state index contributed by atoms with van der Waals surface area (Å²) in [6.45, 7) is 4.60. The first-order valence-electron chi connectivity index (χ1n) is 9.78. The molecule has 0 bridgehead atoms. The lowest BCUT2D eigenvalue weighted by molar-refractivity contribution is -0.142. The molecule has 1 aromatic heterocycles. The van der Waals surface area contributed by atoms with Crippen LogP contribution in [0, 0.1) is 0 Å². The second-order valence-electron chi connectivity index (χ2n) is 7.14. The quantitative estimate of drug-likeness (QED) is 0.276. The number of carbonyl (C=O) groups excluding carboxylic acids is 1. The molecule has 0 spiro atoms. The van der Waals surface area contributed by atoms with E-state index in [0.29, 0.717) is 19.0 Å². The highest BCUT2D eigenvalue weighted by Gasteiger charge is 2.36. The molecule has 3 N–H and O–H groups in total. The minimum absolute atomic E-state index is 0. The van der Waals surface area contributed by atoms with E-state index in [2.05, 4.69) is 30.9 Å². The molecular formula is C18H31F3IN7O. The molecule has 172 valence electrons. The van der Waals surface area contributed by atoms with Gasteiger partial charge in [-0.2, -0.15) is 18.3 Å². The fourth-order valence-electron chi connectivity index (χ4n) is 3.23. The Hall–Kier alpha value is -1.57. The van der Waals surface area contributed by atoms with Crippen LogP contribution in [-0.4, -0.2) is 65.8 Å². The smallest absolute Gasteiger partial charge is 0.355 e. The summed E-state index contributed by atoms with van der Waals surface area (Å²) in [5, 5.41) is 12.6. The number of hydrogen-bond acceptors (Lipinski definition) is 4. The molecule has 1 fully saturated rings. The Balaban J connectivity index is 0.00000450. The van der Waals surface area contributed by atoms with Crippen molar-refractivity contribution in [2.75, 3.05) is 33.2 Å². The number of guanidine groups is 1. The number of halogens is 4. The van der Waals surface area contributed by atoms with E-state index in [1.165, 1.54) is 13.2 Å². The Morgan fingerprint density at radius 2 is 1.97 bits per heavy atom. The van der Waals surface area contributed by atoms with Crippen molar-refractivity contribution >= 4 is 35.8 Å². The molecule has 0 unspecified atom stereocenters. The number of likely N-dealkylation sites (tertiary alicyclic amines) is 1. The third-order valence-corrected chi connectivity index (χ3v) is 4.71. The van der Waals surface area contributed by atoms with Crippen molar-refractivity contribution < 1.29 is 18.0 Å². The van der Waals surface area contributed by atoms with Crippen LogP contribution < -0.4 is 16.0 Å². The first-order chi connectivity index (χ1) is 13.7.